The maximum absolute atomic E-state index is 12.8. The highest BCUT2D eigenvalue weighted by Crippen LogP contribution is 2.27. The number of nitrogens with zero attached hydrogens (tertiary/aromatic N) is 1. The number of esters is 1. The van der Waals surface area contributed by atoms with Crippen molar-refractivity contribution >= 4 is 23.0 Å². The number of carbonyl (C=O) groups is 1. The molecule has 0 atom stereocenters. The van der Waals surface area contributed by atoms with Crippen LogP contribution in [0.3, 0.4) is 0 Å². The fraction of sp³-hybridized carbons (Fsp3) is 0.107. The summed E-state index contributed by atoms with van der Waals surface area (Å²) in [5, 5.41) is 5.73. The topological polar surface area (TPSA) is 87.3 Å². The number of carbonyl (C=O) groups excluding carboxylic acids is 1. The molecule has 4 aromatic rings. The lowest BCUT2D eigenvalue weighted by Gasteiger charge is -2.19. The fourth-order valence-electron chi connectivity index (χ4n) is 3.27. The summed E-state index contributed by atoms with van der Waals surface area (Å²) < 4.78 is 16.7. The van der Waals surface area contributed by atoms with Crippen molar-refractivity contribution in [1.29, 1.82) is 0 Å². The Balaban J connectivity index is 1.49. The summed E-state index contributed by atoms with van der Waals surface area (Å²) in [6.07, 6.45) is 2.22. The Morgan fingerprint density at radius 3 is 2.31 bits per heavy atom. The van der Waals surface area contributed by atoms with Gasteiger partial charge in [0, 0.05) is 6.07 Å². The molecule has 0 aliphatic carbocycles. The van der Waals surface area contributed by atoms with Crippen molar-refractivity contribution in [2.24, 2.45) is 5.16 Å². The standard InChI is InChI=1S/C28H23NO6S/c1-2-15-32-28(31)26(25-14-9-16-36-25)29-34-18-22-17-23(30)24(19-33-22)35-27(20-10-5-3-6-11-20)21-12-7-4-8-13-21/h2-14,16-17,19,27H,1,15,18H2/b29-26-. The van der Waals surface area contributed by atoms with Crippen molar-refractivity contribution in [2.45, 2.75) is 12.7 Å². The van der Waals surface area contributed by atoms with Crippen molar-refractivity contribution in [3.8, 4) is 5.75 Å². The number of oxime groups is 1. The molecule has 2 heterocycles. The van der Waals surface area contributed by atoms with Gasteiger partial charge in [-0.1, -0.05) is 84.5 Å². The quantitative estimate of drug-likeness (QED) is 0.116. The van der Waals surface area contributed by atoms with Gasteiger partial charge in [-0.05, 0) is 22.6 Å². The van der Waals surface area contributed by atoms with Gasteiger partial charge in [0.05, 0.1) is 4.88 Å². The Morgan fingerprint density at radius 2 is 1.72 bits per heavy atom. The highest BCUT2D eigenvalue weighted by atomic mass is 32.1. The van der Waals surface area contributed by atoms with Gasteiger partial charge in [0.25, 0.3) is 0 Å². The van der Waals surface area contributed by atoms with Crippen LogP contribution >= 0.6 is 11.3 Å². The highest BCUT2D eigenvalue weighted by Gasteiger charge is 2.19. The third-order valence-corrected chi connectivity index (χ3v) is 5.82. The largest absolute Gasteiger partial charge is 0.474 e. The SMILES string of the molecule is C=CCOC(=O)/C(=N\OCc1cc(=O)c(OC(c2ccccc2)c2ccccc2)co1)c1cccs1. The molecule has 182 valence electrons. The third-order valence-electron chi connectivity index (χ3n) is 4.94. The summed E-state index contributed by atoms with van der Waals surface area (Å²) in [5.74, 6) is -0.361. The van der Waals surface area contributed by atoms with E-state index in [0.29, 0.717) is 4.88 Å². The van der Waals surface area contributed by atoms with E-state index >= 15 is 0 Å². The van der Waals surface area contributed by atoms with Gasteiger partial charge < -0.3 is 18.7 Å². The third kappa shape index (κ3) is 6.37. The Hall–Kier alpha value is -4.43. The van der Waals surface area contributed by atoms with Crippen molar-refractivity contribution in [3.05, 3.63) is 135 Å². The van der Waals surface area contributed by atoms with Crippen LogP contribution in [-0.4, -0.2) is 18.3 Å². The normalized spacial score (nSPS) is 11.2. The minimum absolute atomic E-state index is 0.0164. The first-order valence-corrected chi connectivity index (χ1v) is 11.9. The van der Waals surface area contributed by atoms with E-state index in [2.05, 4.69) is 11.7 Å². The molecule has 0 fully saturated rings. The molecule has 4 rings (SSSR count). The smallest absolute Gasteiger partial charge is 0.362 e. The lowest BCUT2D eigenvalue weighted by atomic mass is 10.0. The van der Waals surface area contributed by atoms with Gasteiger partial charge in [-0.15, -0.1) is 11.3 Å². The Kier molecular flexibility index (Phi) is 8.45. The van der Waals surface area contributed by atoms with Gasteiger partial charge >= 0.3 is 5.97 Å². The average molecular weight is 502 g/mol. The van der Waals surface area contributed by atoms with Crippen LogP contribution in [0.4, 0.5) is 0 Å². The fourth-order valence-corrected chi connectivity index (χ4v) is 3.96. The lowest BCUT2D eigenvalue weighted by Crippen LogP contribution is -2.18. The number of hydrogen-bond acceptors (Lipinski definition) is 8. The molecule has 0 N–H and O–H groups in total. The molecule has 0 bridgehead atoms. The minimum Gasteiger partial charge on any atom is -0.474 e. The zero-order valence-electron chi connectivity index (χ0n) is 19.2. The molecule has 2 aromatic carbocycles. The predicted molar refractivity (Wildman–Crippen MR) is 137 cm³/mol. The summed E-state index contributed by atoms with van der Waals surface area (Å²) in [4.78, 5) is 31.0. The Bertz CT molecular complexity index is 1320. The van der Waals surface area contributed by atoms with Gasteiger partial charge in [-0.3, -0.25) is 4.79 Å². The van der Waals surface area contributed by atoms with E-state index in [-0.39, 0.29) is 35.9 Å². The maximum atomic E-state index is 12.8. The molecule has 7 nitrogen and oxygen atoms in total. The van der Waals surface area contributed by atoms with Crippen LogP contribution in [0, 0.1) is 0 Å². The zero-order valence-corrected chi connectivity index (χ0v) is 20.1. The van der Waals surface area contributed by atoms with Crippen LogP contribution in [-0.2, 0) is 21.0 Å². The van der Waals surface area contributed by atoms with E-state index in [1.807, 2.05) is 66.0 Å². The van der Waals surface area contributed by atoms with Gasteiger partial charge in [-0.2, -0.15) is 0 Å². The maximum Gasteiger partial charge on any atom is 0.362 e. The van der Waals surface area contributed by atoms with Crippen LogP contribution in [0.5, 0.6) is 5.75 Å². The molecule has 0 aliphatic heterocycles. The lowest BCUT2D eigenvalue weighted by molar-refractivity contribution is -0.134. The summed E-state index contributed by atoms with van der Waals surface area (Å²) in [7, 11) is 0. The summed E-state index contributed by atoms with van der Waals surface area (Å²) in [5.41, 5.74) is 1.44. The molecule has 0 radical (unpaired) electrons. The molecule has 0 amide bonds. The van der Waals surface area contributed by atoms with Crippen LogP contribution in [0.15, 0.2) is 118 Å². The molecule has 0 aliphatic rings. The van der Waals surface area contributed by atoms with Crippen LogP contribution in [0.25, 0.3) is 0 Å². The molecule has 0 unspecified atom stereocenters. The van der Waals surface area contributed by atoms with E-state index in [9.17, 15) is 9.59 Å². The van der Waals surface area contributed by atoms with Crippen molar-refractivity contribution in [2.75, 3.05) is 6.61 Å². The van der Waals surface area contributed by atoms with Crippen LogP contribution in [0.2, 0.25) is 0 Å². The summed E-state index contributed by atoms with van der Waals surface area (Å²) in [6.45, 7) is 3.41. The van der Waals surface area contributed by atoms with Gasteiger partial charge in [-0.25, -0.2) is 4.79 Å². The average Bonchev–Trinajstić information content (AvgIpc) is 3.45. The van der Waals surface area contributed by atoms with Gasteiger partial charge in [0.1, 0.15) is 24.7 Å². The van der Waals surface area contributed by atoms with E-state index in [4.69, 9.17) is 18.7 Å². The molecule has 0 spiro atoms. The first-order valence-electron chi connectivity index (χ1n) is 11.1. The van der Waals surface area contributed by atoms with E-state index in [1.165, 1.54) is 29.7 Å². The van der Waals surface area contributed by atoms with Crippen LogP contribution in [0.1, 0.15) is 27.9 Å². The second kappa shape index (κ2) is 12.3. The predicted octanol–water partition coefficient (Wildman–Crippen LogP) is 5.52. The Labute approximate surface area is 211 Å². The second-order valence-corrected chi connectivity index (χ2v) is 8.42. The minimum atomic E-state index is -0.643. The van der Waals surface area contributed by atoms with Crippen molar-refractivity contribution in [3.63, 3.8) is 0 Å². The van der Waals surface area contributed by atoms with Crippen molar-refractivity contribution < 1.29 is 23.5 Å². The molecular weight excluding hydrogens is 478 g/mol. The monoisotopic (exact) mass is 501 g/mol. The van der Waals surface area contributed by atoms with Gasteiger partial charge in [0.2, 0.25) is 16.9 Å². The van der Waals surface area contributed by atoms with Crippen molar-refractivity contribution in [1.82, 2.24) is 0 Å². The van der Waals surface area contributed by atoms with E-state index in [1.54, 1.807) is 12.1 Å². The highest BCUT2D eigenvalue weighted by molar-refractivity contribution is 7.13. The number of hydrogen-bond donors (Lipinski definition) is 0. The zero-order chi connectivity index (χ0) is 25.2. The Morgan fingerprint density at radius 1 is 1.03 bits per heavy atom. The summed E-state index contributed by atoms with van der Waals surface area (Å²) >= 11 is 1.32. The number of benzene rings is 2. The van der Waals surface area contributed by atoms with E-state index < -0.39 is 12.1 Å². The first-order chi connectivity index (χ1) is 17.7. The molecule has 2 aromatic heterocycles. The molecule has 0 saturated heterocycles. The molecular formula is C28H23NO6S. The van der Waals surface area contributed by atoms with Gasteiger partial charge in [0.15, 0.2) is 6.61 Å². The second-order valence-electron chi connectivity index (χ2n) is 7.47. The number of ether oxygens (including phenoxy) is 2. The molecule has 8 heteroatoms. The number of rotatable bonds is 11. The molecule has 36 heavy (non-hydrogen) atoms. The number of thiophene rings is 1. The first kappa shape index (κ1) is 24.7. The summed E-state index contributed by atoms with van der Waals surface area (Å²) in [6, 6.07) is 24.0. The van der Waals surface area contributed by atoms with E-state index in [0.717, 1.165) is 11.1 Å². The van der Waals surface area contributed by atoms with Crippen LogP contribution < -0.4 is 10.2 Å². The molecule has 0 saturated carbocycles.